The number of nitrogens with zero attached hydrogens (tertiary/aromatic N) is 2. The summed E-state index contributed by atoms with van der Waals surface area (Å²) in [6, 6.07) is 12.0. The maximum atomic E-state index is 5.14. The van der Waals surface area contributed by atoms with Crippen molar-refractivity contribution in [1.29, 1.82) is 0 Å². The quantitative estimate of drug-likeness (QED) is 0.673. The SMILES string of the molecule is Cc1nc(=S)cc(-c2ccc3cccnc3c2)[nH]1. The van der Waals surface area contributed by atoms with E-state index in [0.29, 0.717) is 4.64 Å². The Bertz CT molecular complexity index is 777. The molecule has 0 atom stereocenters. The van der Waals surface area contributed by atoms with Gasteiger partial charge in [-0.15, -0.1) is 0 Å². The van der Waals surface area contributed by atoms with Gasteiger partial charge in [0.2, 0.25) is 0 Å². The van der Waals surface area contributed by atoms with Crippen molar-refractivity contribution in [3.05, 3.63) is 53.1 Å². The summed E-state index contributed by atoms with van der Waals surface area (Å²) in [5, 5.41) is 1.13. The number of rotatable bonds is 1. The Labute approximate surface area is 110 Å². The van der Waals surface area contributed by atoms with Gasteiger partial charge < -0.3 is 4.98 Å². The highest BCUT2D eigenvalue weighted by Gasteiger charge is 2.01. The van der Waals surface area contributed by atoms with Crippen molar-refractivity contribution in [2.75, 3.05) is 0 Å². The van der Waals surface area contributed by atoms with E-state index in [9.17, 15) is 0 Å². The van der Waals surface area contributed by atoms with Gasteiger partial charge in [-0.2, -0.15) is 0 Å². The van der Waals surface area contributed by atoms with Gasteiger partial charge >= 0.3 is 0 Å². The molecule has 0 saturated heterocycles. The molecule has 0 fully saturated rings. The fraction of sp³-hybridized carbons (Fsp3) is 0.0714. The van der Waals surface area contributed by atoms with Crippen molar-refractivity contribution in [2.45, 2.75) is 6.92 Å². The number of aromatic amines is 1. The summed E-state index contributed by atoms with van der Waals surface area (Å²) >= 11 is 5.14. The average molecular weight is 253 g/mol. The monoisotopic (exact) mass is 253 g/mol. The second kappa shape index (κ2) is 4.31. The Balaban J connectivity index is 2.22. The van der Waals surface area contributed by atoms with E-state index in [-0.39, 0.29) is 0 Å². The van der Waals surface area contributed by atoms with E-state index in [1.807, 2.05) is 25.1 Å². The van der Waals surface area contributed by atoms with Crippen LogP contribution in [0.4, 0.5) is 0 Å². The molecule has 0 aliphatic heterocycles. The van der Waals surface area contributed by atoms with Gasteiger partial charge in [-0.25, -0.2) is 4.98 Å². The minimum Gasteiger partial charge on any atom is -0.343 e. The van der Waals surface area contributed by atoms with Crippen molar-refractivity contribution in [3.8, 4) is 11.3 Å². The Hall–Kier alpha value is -2.07. The molecule has 18 heavy (non-hydrogen) atoms. The predicted molar refractivity (Wildman–Crippen MR) is 74.9 cm³/mol. The number of fused-ring (bicyclic) bond motifs is 1. The zero-order valence-electron chi connectivity index (χ0n) is 9.84. The maximum Gasteiger partial charge on any atom is 0.130 e. The van der Waals surface area contributed by atoms with Crippen LogP contribution < -0.4 is 0 Å². The molecule has 2 heterocycles. The number of aromatic nitrogens is 3. The van der Waals surface area contributed by atoms with Crippen LogP contribution in [0.1, 0.15) is 5.82 Å². The molecular weight excluding hydrogens is 242 g/mol. The van der Waals surface area contributed by atoms with Crippen LogP contribution in [0.3, 0.4) is 0 Å². The molecule has 3 aromatic rings. The van der Waals surface area contributed by atoms with E-state index < -0.39 is 0 Å². The standard InChI is InChI=1S/C14H11N3S/c1-9-16-13(8-14(18)17-9)11-5-4-10-3-2-6-15-12(10)7-11/h2-8H,1H3,(H,16,17,18). The van der Waals surface area contributed by atoms with Crippen molar-refractivity contribution in [1.82, 2.24) is 15.0 Å². The molecule has 4 heteroatoms. The lowest BCUT2D eigenvalue weighted by Crippen LogP contribution is -1.91. The predicted octanol–water partition coefficient (Wildman–Crippen LogP) is 3.66. The molecule has 1 N–H and O–H groups in total. The van der Waals surface area contributed by atoms with Crippen molar-refractivity contribution < 1.29 is 0 Å². The molecule has 0 unspecified atom stereocenters. The number of H-pyrrole nitrogens is 1. The molecule has 0 amide bonds. The molecule has 0 saturated carbocycles. The molecule has 3 nitrogen and oxygen atoms in total. The number of aryl methyl sites for hydroxylation is 1. The summed E-state index contributed by atoms with van der Waals surface area (Å²) in [4.78, 5) is 11.7. The lowest BCUT2D eigenvalue weighted by Gasteiger charge is -2.04. The molecular formula is C14H11N3S. The lowest BCUT2D eigenvalue weighted by molar-refractivity contribution is 1.05. The molecule has 0 bridgehead atoms. The van der Waals surface area contributed by atoms with Crippen LogP contribution in [0, 0.1) is 11.6 Å². The molecule has 0 aliphatic carbocycles. The number of hydrogen-bond donors (Lipinski definition) is 1. The summed E-state index contributed by atoms with van der Waals surface area (Å²) in [6.45, 7) is 1.90. The Morgan fingerprint density at radius 3 is 2.89 bits per heavy atom. The van der Waals surface area contributed by atoms with E-state index >= 15 is 0 Å². The smallest absolute Gasteiger partial charge is 0.130 e. The van der Waals surface area contributed by atoms with Crippen LogP contribution in [0.5, 0.6) is 0 Å². The minimum absolute atomic E-state index is 0.599. The lowest BCUT2D eigenvalue weighted by atomic mass is 10.1. The van der Waals surface area contributed by atoms with E-state index in [4.69, 9.17) is 12.2 Å². The highest BCUT2D eigenvalue weighted by molar-refractivity contribution is 7.71. The molecule has 1 aromatic carbocycles. The van der Waals surface area contributed by atoms with E-state index in [0.717, 1.165) is 28.0 Å². The molecule has 0 spiro atoms. The van der Waals surface area contributed by atoms with Crippen LogP contribution >= 0.6 is 12.2 Å². The highest BCUT2D eigenvalue weighted by Crippen LogP contribution is 2.21. The molecule has 2 aromatic heterocycles. The first-order chi connectivity index (χ1) is 8.72. The maximum absolute atomic E-state index is 5.14. The topological polar surface area (TPSA) is 41.6 Å². The molecule has 0 aliphatic rings. The third kappa shape index (κ3) is 2.02. The van der Waals surface area contributed by atoms with E-state index in [2.05, 4.69) is 33.2 Å². The van der Waals surface area contributed by atoms with Crippen LogP contribution in [0.15, 0.2) is 42.6 Å². The van der Waals surface area contributed by atoms with Crippen LogP contribution in [-0.2, 0) is 0 Å². The molecule has 0 radical (unpaired) electrons. The zero-order chi connectivity index (χ0) is 12.5. The average Bonchev–Trinajstić information content (AvgIpc) is 2.37. The van der Waals surface area contributed by atoms with Gasteiger partial charge in [-0.3, -0.25) is 4.98 Å². The summed E-state index contributed by atoms with van der Waals surface area (Å²) in [5.41, 5.74) is 3.02. The molecule has 3 rings (SSSR count). The van der Waals surface area contributed by atoms with Gasteiger partial charge in [0.25, 0.3) is 0 Å². The van der Waals surface area contributed by atoms with Gasteiger partial charge in [0.1, 0.15) is 10.5 Å². The number of hydrogen-bond acceptors (Lipinski definition) is 3. The summed E-state index contributed by atoms with van der Waals surface area (Å²) in [7, 11) is 0. The zero-order valence-corrected chi connectivity index (χ0v) is 10.7. The van der Waals surface area contributed by atoms with Crippen molar-refractivity contribution in [3.63, 3.8) is 0 Å². The first-order valence-corrected chi connectivity index (χ1v) is 6.06. The minimum atomic E-state index is 0.599. The highest BCUT2D eigenvalue weighted by atomic mass is 32.1. The Morgan fingerprint density at radius 1 is 1.17 bits per heavy atom. The third-order valence-electron chi connectivity index (χ3n) is 2.78. The van der Waals surface area contributed by atoms with Crippen LogP contribution in [0.25, 0.3) is 22.2 Å². The number of benzene rings is 1. The van der Waals surface area contributed by atoms with E-state index in [1.165, 1.54) is 0 Å². The van der Waals surface area contributed by atoms with Gasteiger partial charge in [-0.05, 0) is 25.1 Å². The van der Waals surface area contributed by atoms with Gasteiger partial charge in [-0.1, -0.05) is 30.4 Å². The van der Waals surface area contributed by atoms with Gasteiger partial charge in [0.05, 0.1) is 5.52 Å². The first kappa shape index (κ1) is 11.0. The fourth-order valence-electron chi connectivity index (χ4n) is 1.97. The van der Waals surface area contributed by atoms with Gasteiger partial charge in [0, 0.05) is 22.8 Å². The first-order valence-electron chi connectivity index (χ1n) is 5.65. The summed E-state index contributed by atoms with van der Waals surface area (Å²) < 4.78 is 0.599. The van der Waals surface area contributed by atoms with Gasteiger partial charge in [0.15, 0.2) is 0 Å². The third-order valence-corrected chi connectivity index (χ3v) is 2.99. The van der Waals surface area contributed by atoms with Crippen LogP contribution in [-0.4, -0.2) is 15.0 Å². The molecule has 88 valence electrons. The largest absolute Gasteiger partial charge is 0.343 e. The fourth-order valence-corrected chi connectivity index (χ4v) is 2.22. The summed E-state index contributed by atoms with van der Waals surface area (Å²) in [5.74, 6) is 0.818. The Kier molecular flexibility index (Phi) is 2.64. The second-order valence-corrected chi connectivity index (χ2v) is 4.55. The normalized spacial score (nSPS) is 10.7. The van der Waals surface area contributed by atoms with E-state index in [1.54, 1.807) is 6.20 Å². The summed E-state index contributed by atoms with van der Waals surface area (Å²) in [6.07, 6.45) is 1.80. The Morgan fingerprint density at radius 2 is 2.06 bits per heavy atom. The van der Waals surface area contributed by atoms with Crippen molar-refractivity contribution >= 4 is 23.1 Å². The second-order valence-electron chi connectivity index (χ2n) is 4.13. The van der Waals surface area contributed by atoms with Crippen LogP contribution in [0.2, 0.25) is 0 Å². The van der Waals surface area contributed by atoms with Crippen molar-refractivity contribution in [2.24, 2.45) is 0 Å². The number of pyridine rings is 1. The number of nitrogens with one attached hydrogen (secondary N) is 1.